The number of nitrogens with one attached hydrogen (secondary N) is 1. The quantitative estimate of drug-likeness (QED) is 0.862. The summed E-state index contributed by atoms with van der Waals surface area (Å²) in [6.07, 6.45) is 6.24. The molecule has 106 valence electrons. The summed E-state index contributed by atoms with van der Waals surface area (Å²) < 4.78 is 5.58. The zero-order chi connectivity index (χ0) is 13.8. The lowest BCUT2D eigenvalue weighted by molar-refractivity contribution is 0.110. The van der Waals surface area contributed by atoms with E-state index in [1.165, 1.54) is 6.42 Å². The van der Waals surface area contributed by atoms with E-state index in [0.29, 0.717) is 11.3 Å². The largest absolute Gasteiger partial charge is 0.377 e. The normalized spacial score (nSPS) is 18.6. The highest BCUT2D eigenvalue weighted by Crippen LogP contribution is 2.30. The summed E-state index contributed by atoms with van der Waals surface area (Å²) in [5.74, 6) is 0. The first-order valence-corrected chi connectivity index (χ1v) is 7.90. The van der Waals surface area contributed by atoms with Gasteiger partial charge in [0.2, 0.25) is 0 Å². The summed E-state index contributed by atoms with van der Waals surface area (Å²) in [6, 6.07) is 3.85. The maximum atomic E-state index is 6.09. The summed E-state index contributed by atoms with van der Waals surface area (Å²) in [4.78, 5) is 9.57. The lowest BCUT2D eigenvalue weighted by Gasteiger charge is -2.09. The van der Waals surface area contributed by atoms with E-state index in [4.69, 9.17) is 16.3 Å². The SMILES string of the molecule is Clc1ncccc1-c1cnc(CNCC2CCCO2)s1. The highest BCUT2D eigenvalue weighted by molar-refractivity contribution is 7.15. The standard InChI is InChI=1S/C14H16ClN3OS/c15-14-11(4-1-5-17-14)12-8-18-13(20-12)9-16-7-10-3-2-6-19-10/h1,4-5,8,10,16H,2-3,6-7,9H2. The first-order valence-electron chi connectivity index (χ1n) is 6.71. The Morgan fingerprint density at radius 1 is 1.45 bits per heavy atom. The van der Waals surface area contributed by atoms with Gasteiger partial charge in [-0.2, -0.15) is 0 Å². The van der Waals surface area contributed by atoms with Crippen LogP contribution in [0.15, 0.2) is 24.5 Å². The van der Waals surface area contributed by atoms with Crippen LogP contribution in [0.1, 0.15) is 17.8 Å². The van der Waals surface area contributed by atoms with E-state index in [1.54, 1.807) is 17.5 Å². The van der Waals surface area contributed by atoms with Crippen LogP contribution in [-0.4, -0.2) is 29.2 Å². The number of rotatable bonds is 5. The highest BCUT2D eigenvalue weighted by Gasteiger charge is 2.15. The molecule has 0 aromatic carbocycles. The molecule has 1 saturated heterocycles. The first-order chi connectivity index (χ1) is 9.83. The van der Waals surface area contributed by atoms with Crippen LogP contribution < -0.4 is 5.32 Å². The molecular formula is C14H16ClN3OS. The molecule has 3 heterocycles. The van der Waals surface area contributed by atoms with E-state index in [9.17, 15) is 0 Å². The van der Waals surface area contributed by atoms with Crippen LogP contribution in [0.25, 0.3) is 10.4 Å². The fourth-order valence-electron chi connectivity index (χ4n) is 2.23. The molecule has 1 aliphatic rings. The molecule has 1 N–H and O–H groups in total. The van der Waals surface area contributed by atoms with Crippen molar-refractivity contribution >= 4 is 22.9 Å². The number of pyridine rings is 1. The van der Waals surface area contributed by atoms with E-state index in [2.05, 4.69) is 15.3 Å². The van der Waals surface area contributed by atoms with Crippen LogP contribution >= 0.6 is 22.9 Å². The zero-order valence-corrected chi connectivity index (χ0v) is 12.6. The molecule has 1 aliphatic heterocycles. The van der Waals surface area contributed by atoms with Gasteiger partial charge in [0.05, 0.1) is 11.0 Å². The third-order valence-corrected chi connectivity index (χ3v) is 4.58. The third-order valence-electron chi connectivity index (χ3n) is 3.25. The molecule has 6 heteroatoms. The van der Waals surface area contributed by atoms with E-state index in [0.717, 1.165) is 41.6 Å². The number of hydrogen-bond donors (Lipinski definition) is 1. The molecule has 4 nitrogen and oxygen atoms in total. The van der Waals surface area contributed by atoms with Gasteiger partial charge in [-0.15, -0.1) is 11.3 Å². The average molecular weight is 310 g/mol. The molecule has 0 radical (unpaired) electrons. The van der Waals surface area contributed by atoms with Gasteiger partial charge in [-0.05, 0) is 25.0 Å². The molecule has 0 saturated carbocycles. The Morgan fingerprint density at radius 2 is 2.40 bits per heavy atom. The van der Waals surface area contributed by atoms with E-state index in [-0.39, 0.29) is 0 Å². The number of hydrogen-bond acceptors (Lipinski definition) is 5. The summed E-state index contributed by atoms with van der Waals surface area (Å²) >= 11 is 7.74. The second-order valence-corrected chi connectivity index (χ2v) is 6.20. The molecule has 2 aromatic heterocycles. The second kappa shape index (κ2) is 6.63. The van der Waals surface area contributed by atoms with E-state index >= 15 is 0 Å². The predicted octanol–water partition coefficient (Wildman–Crippen LogP) is 3.13. The van der Waals surface area contributed by atoms with E-state index in [1.807, 2.05) is 18.3 Å². The molecule has 0 spiro atoms. The van der Waals surface area contributed by atoms with Crippen LogP contribution in [0, 0.1) is 0 Å². The molecule has 2 aromatic rings. The second-order valence-electron chi connectivity index (χ2n) is 4.73. The minimum atomic E-state index is 0.363. The lowest BCUT2D eigenvalue weighted by Crippen LogP contribution is -2.25. The van der Waals surface area contributed by atoms with Crippen molar-refractivity contribution in [3.05, 3.63) is 34.7 Å². The molecule has 20 heavy (non-hydrogen) atoms. The summed E-state index contributed by atoms with van der Waals surface area (Å²) in [5.41, 5.74) is 0.942. The third kappa shape index (κ3) is 3.35. The zero-order valence-electron chi connectivity index (χ0n) is 11.0. The maximum absolute atomic E-state index is 6.09. The van der Waals surface area contributed by atoms with Gasteiger partial charge in [0.25, 0.3) is 0 Å². The van der Waals surface area contributed by atoms with Crippen LogP contribution in [0.3, 0.4) is 0 Å². The summed E-state index contributed by atoms with van der Waals surface area (Å²) in [5, 5.41) is 4.97. The molecule has 1 fully saturated rings. The lowest BCUT2D eigenvalue weighted by atomic mass is 10.2. The fourth-order valence-corrected chi connectivity index (χ4v) is 3.42. The molecule has 0 aliphatic carbocycles. The van der Waals surface area contributed by atoms with Crippen molar-refractivity contribution in [1.29, 1.82) is 0 Å². The van der Waals surface area contributed by atoms with Crippen LogP contribution in [0.4, 0.5) is 0 Å². The van der Waals surface area contributed by atoms with Crippen molar-refractivity contribution < 1.29 is 4.74 Å². The number of thiazole rings is 1. The Balaban J connectivity index is 1.58. The smallest absolute Gasteiger partial charge is 0.137 e. The Bertz CT molecular complexity index is 569. The van der Waals surface area contributed by atoms with Gasteiger partial charge in [0.1, 0.15) is 10.2 Å². The number of ether oxygens (including phenoxy) is 1. The minimum Gasteiger partial charge on any atom is -0.377 e. The van der Waals surface area contributed by atoms with Crippen molar-refractivity contribution in [3.8, 4) is 10.4 Å². The van der Waals surface area contributed by atoms with Crippen LogP contribution in [-0.2, 0) is 11.3 Å². The summed E-state index contributed by atoms with van der Waals surface area (Å²) in [6.45, 7) is 2.55. The Kier molecular flexibility index (Phi) is 4.62. The molecule has 3 rings (SSSR count). The van der Waals surface area contributed by atoms with Crippen molar-refractivity contribution in [3.63, 3.8) is 0 Å². The van der Waals surface area contributed by atoms with Crippen molar-refractivity contribution in [2.24, 2.45) is 0 Å². The van der Waals surface area contributed by atoms with Gasteiger partial charge in [0, 0.05) is 37.7 Å². The maximum Gasteiger partial charge on any atom is 0.137 e. The Hall–Kier alpha value is -1.01. The Morgan fingerprint density at radius 3 is 3.20 bits per heavy atom. The number of nitrogens with zero attached hydrogens (tertiary/aromatic N) is 2. The van der Waals surface area contributed by atoms with Gasteiger partial charge >= 0.3 is 0 Å². The van der Waals surface area contributed by atoms with E-state index < -0.39 is 0 Å². The van der Waals surface area contributed by atoms with Crippen molar-refractivity contribution in [2.45, 2.75) is 25.5 Å². The topological polar surface area (TPSA) is 47.0 Å². The van der Waals surface area contributed by atoms with Gasteiger partial charge in [0.15, 0.2) is 0 Å². The first kappa shape index (κ1) is 13.9. The van der Waals surface area contributed by atoms with Crippen LogP contribution in [0.2, 0.25) is 5.15 Å². The average Bonchev–Trinajstić information content (AvgIpc) is 3.11. The summed E-state index contributed by atoms with van der Waals surface area (Å²) in [7, 11) is 0. The predicted molar refractivity (Wildman–Crippen MR) is 81.0 cm³/mol. The van der Waals surface area contributed by atoms with Gasteiger partial charge in [-0.25, -0.2) is 9.97 Å². The molecule has 0 bridgehead atoms. The number of halogens is 1. The number of aromatic nitrogens is 2. The minimum absolute atomic E-state index is 0.363. The van der Waals surface area contributed by atoms with Gasteiger partial charge < -0.3 is 10.1 Å². The van der Waals surface area contributed by atoms with Crippen molar-refractivity contribution in [2.75, 3.05) is 13.2 Å². The molecule has 0 amide bonds. The van der Waals surface area contributed by atoms with Crippen LogP contribution in [0.5, 0.6) is 0 Å². The van der Waals surface area contributed by atoms with Gasteiger partial charge in [-0.1, -0.05) is 11.6 Å². The Labute approximate surface area is 127 Å². The molecular weight excluding hydrogens is 294 g/mol. The monoisotopic (exact) mass is 309 g/mol. The molecule has 1 atom stereocenters. The van der Waals surface area contributed by atoms with Crippen molar-refractivity contribution in [1.82, 2.24) is 15.3 Å². The van der Waals surface area contributed by atoms with Gasteiger partial charge in [-0.3, -0.25) is 0 Å². The highest BCUT2D eigenvalue weighted by atomic mass is 35.5. The molecule has 1 unspecified atom stereocenters. The fraction of sp³-hybridized carbons (Fsp3) is 0.429.